The second-order valence-electron chi connectivity index (χ2n) is 6.58. The first kappa shape index (κ1) is 19.8. The number of nitrogens with zero attached hydrogens (tertiary/aromatic N) is 3. The number of methoxy groups -OCH3 is 1. The lowest BCUT2D eigenvalue weighted by Crippen LogP contribution is -2.24. The highest BCUT2D eigenvalue weighted by Crippen LogP contribution is 2.25. The Kier molecular flexibility index (Phi) is 6.26. The van der Waals surface area contributed by atoms with Crippen molar-refractivity contribution in [3.63, 3.8) is 0 Å². The van der Waals surface area contributed by atoms with E-state index in [0.29, 0.717) is 48.3 Å². The van der Waals surface area contributed by atoms with Crippen molar-refractivity contribution in [2.24, 2.45) is 5.92 Å². The Morgan fingerprint density at radius 2 is 2.18 bits per heavy atom. The molecule has 0 bridgehead atoms. The summed E-state index contributed by atoms with van der Waals surface area (Å²) in [5.74, 6) is 0.950. The van der Waals surface area contributed by atoms with E-state index in [0.717, 1.165) is 5.56 Å². The van der Waals surface area contributed by atoms with Crippen LogP contribution in [0, 0.1) is 5.92 Å². The Balaban J connectivity index is 1.58. The molecule has 0 saturated carbocycles. The van der Waals surface area contributed by atoms with Crippen LogP contribution in [0.1, 0.15) is 17.8 Å². The number of aromatic nitrogens is 2. The number of ether oxygens (including phenoxy) is 1. The van der Waals surface area contributed by atoms with Crippen molar-refractivity contribution in [3.8, 4) is 5.88 Å². The summed E-state index contributed by atoms with van der Waals surface area (Å²) in [5.41, 5.74) is 1.68. The summed E-state index contributed by atoms with van der Waals surface area (Å²) in [6.07, 6.45) is 3.78. The Labute approximate surface area is 168 Å². The van der Waals surface area contributed by atoms with E-state index in [1.807, 2.05) is 29.2 Å². The Bertz CT molecular complexity index is 886. The smallest absolute Gasteiger partial charge is 0.247 e. The molecule has 2 heterocycles. The number of halogens is 1. The minimum atomic E-state index is -0.258. The molecule has 146 valence electrons. The largest absolute Gasteiger partial charge is 0.480 e. The highest BCUT2D eigenvalue weighted by Gasteiger charge is 2.30. The lowest BCUT2D eigenvalue weighted by molar-refractivity contribution is -0.128. The maximum absolute atomic E-state index is 12.4. The Hall–Kier alpha value is -2.93. The lowest BCUT2D eigenvalue weighted by Gasteiger charge is -2.17. The zero-order valence-corrected chi connectivity index (χ0v) is 16.3. The molecule has 1 atom stereocenters. The van der Waals surface area contributed by atoms with Crippen LogP contribution in [0.5, 0.6) is 5.88 Å². The van der Waals surface area contributed by atoms with Crippen LogP contribution >= 0.6 is 11.6 Å². The maximum atomic E-state index is 12.4. The van der Waals surface area contributed by atoms with Gasteiger partial charge in [0, 0.05) is 31.6 Å². The van der Waals surface area contributed by atoms with E-state index in [1.165, 1.54) is 19.4 Å². The Morgan fingerprint density at radius 1 is 1.43 bits per heavy atom. The van der Waals surface area contributed by atoms with Gasteiger partial charge in [-0.3, -0.25) is 9.59 Å². The van der Waals surface area contributed by atoms with Crippen molar-refractivity contribution in [2.75, 3.05) is 19.0 Å². The second kappa shape index (κ2) is 8.84. The monoisotopic (exact) mass is 400 g/mol. The number of hydrogen-bond donors (Lipinski definition) is 1. The zero-order valence-electron chi connectivity index (χ0n) is 15.5. The van der Waals surface area contributed by atoms with Crippen molar-refractivity contribution >= 4 is 29.1 Å². The van der Waals surface area contributed by atoms with E-state index >= 15 is 0 Å². The molecule has 1 aromatic heterocycles. The number of benzene rings is 1. The summed E-state index contributed by atoms with van der Waals surface area (Å²) in [5, 5.41) is 3.06. The fourth-order valence-corrected chi connectivity index (χ4v) is 3.30. The van der Waals surface area contributed by atoms with Crippen LogP contribution < -0.4 is 10.1 Å². The number of likely N-dealkylation sites (tertiary alicyclic amines) is 1. The normalized spacial score (nSPS) is 16.1. The van der Waals surface area contributed by atoms with E-state index in [-0.39, 0.29) is 17.7 Å². The number of carbonyl (C=O) groups excluding carboxylic acids is 2. The number of amides is 2. The molecule has 28 heavy (non-hydrogen) atoms. The molecule has 1 fully saturated rings. The van der Waals surface area contributed by atoms with E-state index in [4.69, 9.17) is 16.3 Å². The van der Waals surface area contributed by atoms with Gasteiger partial charge in [-0.05, 0) is 29.7 Å². The predicted octanol–water partition coefficient (Wildman–Crippen LogP) is 2.85. The third-order valence-corrected chi connectivity index (χ3v) is 4.76. The molecule has 1 aromatic carbocycles. The van der Waals surface area contributed by atoms with Crippen LogP contribution in [-0.4, -0.2) is 40.3 Å². The number of hydrogen-bond acceptors (Lipinski definition) is 5. The van der Waals surface area contributed by atoms with E-state index in [1.54, 1.807) is 0 Å². The molecule has 7 nitrogen and oxygen atoms in total. The first-order chi connectivity index (χ1) is 13.5. The third-order valence-electron chi connectivity index (χ3n) is 4.50. The van der Waals surface area contributed by atoms with Crippen molar-refractivity contribution in [3.05, 3.63) is 59.5 Å². The molecule has 2 aromatic rings. The summed E-state index contributed by atoms with van der Waals surface area (Å²) in [6, 6.07) is 7.41. The topological polar surface area (TPSA) is 84.4 Å². The van der Waals surface area contributed by atoms with Crippen LogP contribution in [0.25, 0.3) is 0 Å². The first-order valence-corrected chi connectivity index (χ1v) is 9.22. The van der Waals surface area contributed by atoms with Crippen LogP contribution in [0.15, 0.2) is 43.1 Å². The summed E-state index contributed by atoms with van der Waals surface area (Å²) in [4.78, 5) is 34.1. The second-order valence-corrected chi connectivity index (χ2v) is 6.99. The summed E-state index contributed by atoms with van der Waals surface area (Å²) in [6.45, 7) is 4.59. The number of nitrogens with one attached hydrogen (secondary N) is 1. The van der Waals surface area contributed by atoms with Crippen LogP contribution in [0.3, 0.4) is 0 Å². The third kappa shape index (κ3) is 4.86. The fraction of sp³-hybridized carbons (Fsp3) is 0.300. The van der Waals surface area contributed by atoms with E-state index in [9.17, 15) is 9.59 Å². The van der Waals surface area contributed by atoms with Crippen LogP contribution in [-0.2, 0) is 22.6 Å². The van der Waals surface area contributed by atoms with Gasteiger partial charge in [0.2, 0.25) is 17.7 Å². The summed E-state index contributed by atoms with van der Waals surface area (Å²) >= 11 is 5.96. The highest BCUT2D eigenvalue weighted by atomic mass is 35.5. The molecular weight excluding hydrogens is 380 g/mol. The van der Waals surface area contributed by atoms with Gasteiger partial charge < -0.3 is 15.0 Å². The molecule has 0 radical (unpaired) electrons. The van der Waals surface area contributed by atoms with E-state index < -0.39 is 0 Å². The minimum absolute atomic E-state index is 0.106. The average molecular weight is 401 g/mol. The van der Waals surface area contributed by atoms with Gasteiger partial charge in [0.25, 0.3) is 0 Å². The molecule has 3 rings (SSSR count). The molecule has 2 amide bonds. The van der Waals surface area contributed by atoms with Crippen molar-refractivity contribution < 1.29 is 14.3 Å². The van der Waals surface area contributed by atoms with Gasteiger partial charge in [0.05, 0.1) is 13.3 Å². The standard InChI is InChI=1S/C20H21ClN4O3/c1-3-18(26)23-15-6-4-13(5-7-15)11-25-12-14(9-19(25)27)8-17-22-10-16(21)20(24-17)28-2/h3-7,10,14H,1,8-9,11-12H2,2H3,(H,23,26)/t14-/m1/s1. The summed E-state index contributed by atoms with van der Waals surface area (Å²) in [7, 11) is 1.51. The maximum Gasteiger partial charge on any atom is 0.247 e. The molecule has 0 aliphatic carbocycles. The molecule has 0 spiro atoms. The average Bonchev–Trinajstić information content (AvgIpc) is 3.03. The molecule has 1 aliphatic heterocycles. The zero-order chi connectivity index (χ0) is 20.1. The number of anilines is 1. The Morgan fingerprint density at radius 3 is 2.86 bits per heavy atom. The number of carbonyl (C=O) groups is 2. The van der Waals surface area contributed by atoms with Gasteiger partial charge in [0.1, 0.15) is 10.8 Å². The molecule has 1 saturated heterocycles. The van der Waals surface area contributed by atoms with Crippen LogP contribution in [0.2, 0.25) is 5.02 Å². The fourth-order valence-electron chi connectivity index (χ4n) is 3.14. The van der Waals surface area contributed by atoms with Gasteiger partial charge in [-0.25, -0.2) is 4.98 Å². The quantitative estimate of drug-likeness (QED) is 0.722. The predicted molar refractivity (Wildman–Crippen MR) is 106 cm³/mol. The van der Waals surface area contributed by atoms with E-state index in [2.05, 4.69) is 21.9 Å². The SMILES string of the molecule is C=CC(=O)Nc1ccc(CN2C[C@H](Cc3ncc(Cl)c(OC)n3)CC2=O)cc1. The molecule has 0 unspecified atom stereocenters. The van der Waals surface area contributed by atoms with Gasteiger partial charge in [-0.1, -0.05) is 30.3 Å². The van der Waals surface area contributed by atoms with Crippen molar-refractivity contribution in [1.82, 2.24) is 14.9 Å². The molecule has 8 heteroatoms. The van der Waals surface area contributed by atoms with Gasteiger partial charge >= 0.3 is 0 Å². The number of rotatable bonds is 7. The summed E-state index contributed by atoms with van der Waals surface area (Å²) < 4.78 is 5.12. The van der Waals surface area contributed by atoms with Gasteiger partial charge in [0.15, 0.2) is 0 Å². The van der Waals surface area contributed by atoms with Gasteiger partial charge in [-0.15, -0.1) is 0 Å². The molecular formula is C20H21ClN4O3. The first-order valence-electron chi connectivity index (χ1n) is 8.84. The highest BCUT2D eigenvalue weighted by molar-refractivity contribution is 6.31. The minimum Gasteiger partial charge on any atom is -0.480 e. The van der Waals surface area contributed by atoms with Gasteiger partial charge in [-0.2, -0.15) is 4.98 Å². The molecule has 1 aliphatic rings. The van der Waals surface area contributed by atoms with Crippen molar-refractivity contribution in [1.29, 1.82) is 0 Å². The van der Waals surface area contributed by atoms with Crippen molar-refractivity contribution in [2.45, 2.75) is 19.4 Å². The van der Waals surface area contributed by atoms with Crippen LogP contribution in [0.4, 0.5) is 5.69 Å². The molecule has 1 N–H and O–H groups in total. The lowest BCUT2D eigenvalue weighted by atomic mass is 10.0.